The zero-order valence-corrected chi connectivity index (χ0v) is 9.11. The van der Waals surface area contributed by atoms with Crippen molar-refractivity contribution >= 4 is 21.7 Å². The predicted octanol–water partition coefficient (Wildman–Crippen LogP) is 0.164. The van der Waals surface area contributed by atoms with Gasteiger partial charge in [0.1, 0.15) is 0 Å². The van der Waals surface area contributed by atoms with Gasteiger partial charge in [-0.3, -0.25) is 0 Å². The molecule has 1 aliphatic heterocycles. The third-order valence-corrected chi connectivity index (χ3v) is 2.96. The molecule has 0 saturated heterocycles. The molecular formula is C8H11NO5S. The maximum atomic E-state index is 11.3. The van der Waals surface area contributed by atoms with E-state index in [9.17, 15) is 13.2 Å². The Hall–Kier alpha value is -1.21. The molecule has 0 atom stereocenters. The van der Waals surface area contributed by atoms with Gasteiger partial charge in [0.15, 0.2) is 5.71 Å². The van der Waals surface area contributed by atoms with Crippen molar-refractivity contribution < 1.29 is 23.1 Å². The van der Waals surface area contributed by atoms with E-state index in [0.717, 1.165) is 6.08 Å². The van der Waals surface area contributed by atoms with E-state index in [4.69, 9.17) is 9.84 Å². The largest absolute Gasteiger partial charge is 0.476 e. The smallest absolute Gasteiger partial charge is 0.355 e. The molecule has 0 aliphatic carbocycles. The molecule has 0 radical (unpaired) electrons. The van der Waals surface area contributed by atoms with Gasteiger partial charge in [-0.05, 0) is 19.9 Å². The van der Waals surface area contributed by atoms with Gasteiger partial charge in [0.25, 0.3) is 10.0 Å². The highest BCUT2D eigenvalue weighted by Gasteiger charge is 2.27. The Balaban J connectivity index is 2.85. The number of sulfonamides is 1. The number of hydrogen-bond donors (Lipinski definition) is 1. The molecule has 1 N–H and O–H groups in total. The Kier molecular flexibility index (Phi) is 3.25. The fourth-order valence-electron chi connectivity index (χ4n) is 0.907. The first-order valence-corrected chi connectivity index (χ1v) is 5.67. The molecule has 0 spiro atoms. The first-order valence-electron chi connectivity index (χ1n) is 4.23. The molecule has 0 saturated carbocycles. The Bertz CT molecular complexity index is 432. The lowest BCUT2D eigenvalue weighted by Gasteiger charge is -2.06. The molecule has 15 heavy (non-hydrogen) atoms. The monoisotopic (exact) mass is 233 g/mol. The quantitative estimate of drug-likeness (QED) is 0.746. The number of ether oxygens (including phenoxy) is 1. The van der Waals surface area contributed by atoms with E-state index in [1.807, 2.05) is 0 Å². The molecule has 0 aromatic carbocycles. The molecule has 6 nitrogen and oxygen atoms in total. The number of carbonyl (C=O) groups is 1. The van der Waals surface area contributed by atoms with Crippen LogP contribution in [-0.2, 0) is 19.6 Å². The van der Waals surface area contributed by atoms with Gasteiger partial charge in [-0.15, -0.1) is 0 Å². The van der Waals surface area contributed by atoms with Crippen molar-refractivity contribution in [2.45, 2.75) is 20.0 Å². The highest BCUT2D eigenvalue weighted by Crippen LogP contribution is 2.17. The highest BCUT2D eigenvalue weighted by atomic mass is 32.2. The lowest BCUT2D eigenvalue weighted by Crippen LogP contribution is -2.09. The van der Waals surface area contributed by atoms with E-state index in [1.165, 1.54) is 0 Å². The number of hydrogen-bond acceptors (Lipinski definition) is 4. The maximum Gasteiger partial charge on any atom is 0.355 e. The summed E-state index contributed by atoms with van der Waals surface area (Å²) in [6.45, 7) is 3.35. The molecule has 1 rings (SSSR count). The molecule has 0 fully saturated rings. The predicted molar refractivity (Wildman–Crippen MR) is 53.2 cm³/mol. The van der Waals surface area contributed by atoms with Gasteiger partial charge in [-0.2, -0.15) is 12.8 Å². The topological polar surface area (TPSA) is 93.0 Å². The molecule has 84 valence electrons. The molecule has 0 unspecified atom stereocenters. The van der Waals surface area contributed by atoms with Crippen molar-refractivity contribution in [2.75, 3.05) is 6.61 Å². The first kappa shape index (κ1) is 11.9. The number of rotatable bonds is 4. The summed E-state index contributed by atoms with van der Waals surface area (Å²) < 4.78 is 30.8. The summed E-state index contributed by atoms with van der Waals surface area (Å²) in [6.07, 6.45) is 0.884. The Morgan fingerprint density at radius 2 is 2.20 bits per heavy atom. The summed E-state index contributed by atoms with van der Waals surface area (Å²) in [5.74, 6) is -1.36. The molecule has 0 aromatic heterocycles. The Morgan fingerprint density at radius 1 is 1.60 bits per heavy atom. The van der Waals surface area contributed by atoms with Gasteiger partial charge in [0.05, 0.1) is 17.6 Å². The second-order valence-corrected chi connectivity index (χ2v) is 4.88. The van der Waals surface area contributed by atoms with Crippen LogP contribution in [0.5, 0.6) is 0 Å². The average Bonchev–Trinajstić information content (AvgIpc) is 2.37. The second kappa shape index (κ2) is 4.11. The van der Waals surface area contributed by atoms with E-state index >= 15 is 0 Å². The van der Waals surface area contributed by atoms with E-state index in [0.29, 0.717) is 0 Å². The zero-order valence-electron chi connectivity index (χ0n) is 8.30. The number of aliphatic carboxylic acids is 1. The molecule has 0 amide bonds. The minimum absolute atomic E-state index is 0.117. The number of carboxylic acid groups (broad SMARTS) is 1. The van der Waals surface area contributed by atoms with Crippen LogP contribution in [0, 0.1) is 0 Å². The second-order valence-electron chi connectivity index (χ2n) is 3.23. The van der Waals surface area contributed by atoms with Gasteiger partial charge in [-0.1, -0.05) is 0 Å². The normalized spacial score (nSPS) is 18.9. The molecule has 0 aromatic rings. The van der Waals surface area contributed by atoms with Gasteiger partial charge < -0.3 is 9.84 Å². The van der Waals surface area contributed by atoms with Crippen LogP contribution in [0.1, 0.15) is 13.8 Å². The van der Waals surface area contributed by atoms with Gasteiger partial charge in [0.2, 0.25) is 0 Å². The lowest BCUT2D eigenvalue weighted by atomic mass is 10.3. The molecular weight excluding hydrogens is 222 g/mol. The maximum absolute atomic E-state index is 11.3. The average molecular weight is 233 g/mol. The SMILES string of the molecule is CC(C)OCC1=CC(C(=O)O)=NS1(=O)=O. The van der Waals surface area contributed by atoms with Crippen molar-refractivity contribution in [1.29, 1.82) is 0 Å². The molecule has 1 heterocycles. The Labute approximate surface area is 87.3 Å². The summed E-state index contributed by atoms with van der Waals surface area (Å²) in [6, 6.07) is 0. The number of nitrogens with zero attached hydrogens (tertiary/aromatic N) is 1. The minimum atomic E-state index is -3.83. The van der Waals surface area contributed by atoms with Crippen LogP contribution in [0.3, 0.4) is 0 Å². The van der Waals surface area contributed by atoms with Crippen LogP contribution in [-0.4, -0.2) is 37.9 Å². The fraction of sp³-hybridized carbons (Fsp3) is 0.500. The summed E-state index contributed by atoms with van der Waals surface area (Å²) >= 11 is 0. The van der Waals surface area contributed by atoms with Crippen molar-refractivity contribution in [3.8, 4) is 0 Å². The third kappa shape index (κ3) is 2.87. The zero-order chi connectivity index (χ0) is 11.6. The minimum Gasteiger partial charge on any atom is -0.476 e. The van der Waals surface area contributed by atoms with Crippen molar-refractivity contribution in [3.05, 3.63) is 11.0 Å². The van der Waals surface area contributed by atoms with Crippen molar-refractivity contribution in [2.24, 2.45) is 4.40 Å². The highest BCUT2D eigenvalue weighted by molar-refractivity contribution is 7.94. The van der Waals surface area contributed by atoms with Crippen LogP contribution in [0.4, 0.5) is 0 Å². The van der Waals surface area contributed by atoms with E-state index < -0.39 is 21.7 Å². The molecule has 7 heteroatoms. The summed E-state index contributed by atoms with van der Waals surface area (Å²) in [4.78, 5) is 10.4. The molecule has 1 aliphatic rings. The van der Waals surface area contributed by atoms with Crippen molar-refractivity contribution in [3.63, 3.8) is 0 Å². The van der Waals surface area contributed by atoms with Gasteiger partial charge in [0, 0.05) is 0 Å². The van der Waals surface area contributed by atoms with E-state index in [-0.39, 0.29) is 17.6 Å². The van der Waals surface area contributed by atoms with E-state index in [1.54, 1.807) is 13.8 Å². The summed E-state index contributed by atoms with van der Waals surface area (Å²) in [5, 5.41) is 8.56. The fourth-order valence-corrected chi connectivity index (χ4v) is 1.89. The van der Waals surface area contributed by atoms with E-state index in [2.05, 4.69) is 4.40 Å². The third-order valence-electron chi connectivity index (χ3n) is 1.63. The van der Waals surface area contributed by atoms with Gasteiger partial charge in [-0.25, -0.2) is 4.79 Å². The lowest BCUT2D eigenvalue weighted by molar-refractivity contribution is -0.129. The van der Waals surface area contributed by atoms with Crippen molar-refractivity contribution in [1.82, 2.24) is 0 Å². The first-order chi connectivity index (χ1) is 6.83. The van der Waals surface area contributed by atoms with Crippen LogP contribution in [0.25, 0.3) is 0 Å². The summed E-state index contributed by atoms with van der Waals surface area (Å²) in [5.41, 5.74) is -0.475. The standard InChI is InChI=1S/C8H11NO5S/c1-5(2)14-4-6-3-7(8(10)11)9-15(6,12)13/h3,5H,4H2,1-2H3,(H,10,11). The van der Waals surface area contributed by atoms with Crippen LogP contribution in [0.15, 0.2) is 15.4 Å². The summed E-state index contributed by atoms with van der Waals surface area (Å²) in [7, 11) is -3.83. The van der Waals surface area contributed by atoms with Crippen LogP contribution < -0.4 is 0 Å². The number of carboxylic acids is 1. The molecule has 0 bridgehead atoms. The Morgan fingerprint density at radius 3 is 2.60 bits per heavy atom. The van der Waals surface area contributed by atoms with Gasteiger partial charge >= 0.3 is 5.97 Å². The van der Waals surface area contributed by atoms with Crippen LogP contribution in [0.2, 0.25) is 0 Å². The van der Waals surface area contributed by atoms with Crippen LogP contribution >= 0.6 is 0 Å².